The fourth-order valence-electron chi connectivity index (χ4n) is 2.27. The Labute approximate surface area is 143 Å². The van der Waals surface area contributed by atoms with Crippen LogP contribution in [0.25, 0.3) is 0 Å². The predicted octanol–water partition coefficient (Wildman–Crippen LogP) is 3.49. The van der Waals surface area contributed by atoms with E-state index in [1.54, 1.807) is 30.3 Å². The lowest BCUT2D eigenvalue weighted by Crippen LogP contribution is -2.37. The lowest BCUT2D eigenvalue weighted by atomic mass is 10.2. The fourth-order valence-corrected chi connectivity index (χ4v) is 2.27. The molecular formula is C18H17F3N2O2. The van der Waals surface area contributed by atoms with Crippen LogP contribution in [-0.2, 0) is 11.0 Å². The van der Waals surface area contributed by atoms with Gasteiger partial charge in [0.2, 0.25) is 5.91 Å². The summed E-state index contributed by atoms with van der Waals surface area (Å²) in [5, 5.41) is 2.68. The number of carbonyl (C=O) groups is 2. The third-order valence-electron chi connectivity index (χ3n) is 3.54. The van der Waals surface area contributed by atoms with Crippen LogP contribution in [0.4, 0.5) is 18.9 Å². The van der Waals surface area contributed by atoms with Gasteiger partial charge in [-0.1, -0.05) is 18.2 Å². The second-order valence-corrected chi connectivity index (χ2v) is 5.34. The van der Waals surface area contributed by atoms with Crippen LogP contribution in [0.15, 0.2) is 54.6 Å². The Morgan fingerprint density at radius 1 is 1.00 bits per heavy atom. The van der Waals surface area contributed by atoms with Crippen molar-refractivity contribution in [2.45, 2.75) is 13.1 Å². The molecule has 4 nitrogen and oxygen atoms in total. The molecule has 132 valence electrons. The molecular weight excluding hydrogens is 333 g/mol. The first kappa shape index (κ1) is 18.5. The van der Waals surface area contributed by atoms with Crippen LogP contribution in [-0.4, -0.2) is 24.9 Å². The van der Waals surface area contributed by atoms with E-state index in [9.17, 15) is 22.8 Å². The molecule has 2 amide bonds. The van der Waals surface area contributed by atoms with Gasteiger partial charge in [0.15, 0.2) is 0 Å². The van der Waals surface area contributed by atoms with Gasteiger partial charge in [-0.05, 0) is 36.4 Å². The van der Waals surface area contributed by atoms with Crippen LogP contribution < -0.4 is 10.2 Å². The summed E-state index contributed by atoms with van der Waals surface area (Å²) in [5.74, 6) is -0.606. The Kier molecular flexibility index (Phi) is 5.80. The molecule has 0 aromatic heterocycles. The molecule has 0 fully saturated rings. The minimum atomic E-state index is -4.43. The number of anilines is 1. The molecule has 0 atom stereocenters. The summed E-state index contributed by atoms with van der Waals surface area (Å²) in [5.41, 5.74) is 0.0537. The molecule has 2 aromatic rings. The van der Waals surface area contributed by atoms with Gasteiger partial charge in [-0.3, -0.25) is 9.59 Å². The summed E-state index contributed by atoms with van der Waals surface area (Å²) in [7, 11) is 0. The number of halogens is 3. The van der Waals surface area contributed by atoms with E-state index >= 15 is 0 Å². The monoisotopic (exact) mass is 350 g/mol. The van der Waals surface area contributed by atoms with E-state index in [-0.39, 0.29) is 24.9 Å². The molecule has 2 rings (SSSR count). The van der Waals surface area contributed by atoms with Crippen molar-refractivity contribution < 1.29 is 22.8 Å². The molecule has 25 heavy (non-hydrogen) atoms. The van der Waals surface area contributed by atoms with Crippen LogP contribution in [0.2, 0.25) is 0 Å². The highest BCUT2D eigenvalue weighted by Gasteiger charge is 2.30. The molecule has 0 bridgehead atoms. The number of benzene rings is 2. The third kappa shape index (κ3) is 5.07. The molecule has 0 saturated carbocycles. The highest BCUT2D eigenvalue weighted by atomic mass is 19.4. The average Bonchev–Trinajstić information content (AvgIpc) is 2.58. The molecule has 7 heteroatoms. The van der Waals surface area contributed by atoms with E-state index in [2.05, 4.69) is 5.32 Å². The highest BCUT2D eigenvalue weighted by molar-refractivity contribution is 5.94. The van der Waals surface area contributed by atoms with Crippen molar-refractivity contribution in [1.82, 2.24) is 5.32 Å². The van der Waals surface area contributed by atoms with Gasteiger partial charge >= 0.3 is 6.18 Å². The number of hydrogen-bond donors (Lipinski definition) is 1. The molecule has 1 N–H and O–H groups in total. The summed E-state index contributed by atoms with van der Waals surface area (Å²) in [4.78, 5) is 25.0. The van der Waals surface area contributed by atoms with Gasteiger partial charge in [0.25, 0.3) is 5.91 Å². The standard InChI is InChI=1S/C18H17F3N2O2/c1-13(24)23(16-9-7-15(8-10-16)18(19,20)21)12-11-22-17(25)14-5-3-2-4-6-14/h2-10H,11-12H2,1H3,(H,22,25). The molecule has 0 radical (unpaired) electrons. The summed E-state index contributed by atoms with van der Waals surface area (Å²) < 4.78 is 37.8. The summed E-state index contributed by atoms with van der Waals surface area (Å²) in [6.45, 7) is 1.64. The van der Waals surface area contributed by atoms with Crippen LogP contribution in [0, 0.1) is 0 Å². The van der Waals surface area contributed by atoms with Gasteiger partial charge in [-0.15, -0.1) is 0 Å². The Morgan fingerprint density at radius 2 is 1.60 bits per heavy atom. The van der Waals surface area contributed by atoms with Crippen molar-refractivity contribution >= 4 is 17.5 Å². The van der Waals surface area contributed by atoms with Crippen molar-refractivity contribution in [3.8, 4) is 0 Å². The van der Waals surface area contributed by atoms with Gasteiger partial charge in [0, 0.05) is 31.3 Å². The largest absolute Gasteiger partial charge is 0.416 e. The molecule has 0 spiro atoms. The first-order valence-electron chi connectivity index (χ1n) is 7.57. The van der Waals surface area contributed by atoms with Crippen LogP contribution in [0.5, 0.6) is 0 Å². The van der Waals surface area contributed by atoms with Gasteiger partial charge in [-0.2, -0.15) is 13.2 Å². The van der Waals surface area contributed by atoms with Crippen LogP contribution >= 0.6 is 0 Å². The van der Waals surface area contributed by atoms with Gasteiger partial charge in [0.1, 0.15) is 0 Å². The summed E-state index contributed by atoms with van der Waals surface area (Å²) >= 11 is 0. The second kappa shape index (κ2) is 7.83. The summed E-state index contributed by atoms with van der Waals surface area (Å²) in [6, 6.07) is 12.9. The van der Waals surface area contributed by atoms with Crippen LogP contribution in [0.3, 0.4) is 0 Å². The average molecular weight is 350 g/mol. The van der Waals surface area contributed by atoms with Gasteiger partial charge < -0.3 is 10.2 Å². The predicted molar refractivity (Wildman–Crippen MR) is 88.2 cm³/mol. The zero-order chi connectivity index (χ0) is 18.4. The second-order valence-electron chi connectivity index (χ2n) is 5.34. The number of hydrogen-bond acceptors (Lipinski definition) is 2. The minimum Gasteiger partial charge on any atom is -0.350 e. The smallest absolute Gasteiger partial charge is 0.350 e. The minimum absolute atomic E-state index is 0.152. The number of carbonyl (C=O) groups excluding carboxylic acids is 2. The topological polar surface area (TPSA) is 49.4 Å². The third-order valence-corrected chi connectivity index (χ3v) is 3.54. The molecule has 0 unspecified atom stereocenters. The van der Waals surface area contributed by atoms with Crippen molar-refractivity contribution in [2.75, 3.05) is 18.0 Å². The van der Waals surface area contributed by atoms with Gasteiger partial charge in [0.05, 0.1) is 5.56 Å². The summed E-state index contributed by atoms with van der Waals surface area (Å²) in [6.07, 6.45) is -4.43. The Hall–Kier alpha value is -2.83. The van der Waals surface area contributed by atoms with E-state index in [1.165, 1.54) is 24.0 Å². The highest BCUT2D eigenvalue weighted by Crippen LogP contribution is 2.30. The van der Waals surface area contributed by atoms with E-state index in [0.29, 0.717) is 11.3 Å². The number of nitrogens with zero attached hydrogens (tertiary/aromatic N) is 1. The van der Waals surface area contributed by atoms with Crippen molar-refractivity contribution in [3.63, 3.8) is 0 Å². The number of rotatable bonds is 5. The number of nitrogens with one attached hydrogen (secondary N) is 1. The molecule has 0 aliphatic rings. The zero-order valence-electron chi connectivity index (χ0n) is 13.5. The maximum atomic E-state index is 12.6. The molecule has 0 aliphatic heterocycles. The Bertz CT molecular complexity index is 728. The van der Waals surface area contributed by atoms with Crippen molar-refractivity contribution in [2.24, 2.45) is 0 Å². The van der Waals surface area contributed by atoms with E-state index in [4.69, 9.17) is 0 Å². The maximum Gasteiger partial charge on any atom is 0.416 e. The fraction of sp³-hybridized carbons (Fsp3) is 0.222. The first-order valence-corrected chi connectivity index (χ1v) is 7.57. The lowest BCUT2D eigenvalue weighted by Gasteiger charge is -2.22. The maximum absolute atomic E-state index is 12.6. The molecule has 2 aromatic carbocycles. The van der Waals surface area contributed by atoms with Crippen LogP contribution in [0.1, 0.15) is 22.8 Å². The quantitative estimate of drug-likeness (QED) is 0.897. The van der Waals surface area contributed by atoms with E-state index in [1.807, 2.05) is 0 Å². The Morgan fingerprint density at radius 3 is 2.12 bits per heavy atom. The first-order chi connectivity index (χ1) is 11.8. The number of alkyl halides is 3. The lowest BCUT2D eigenvalue weighted by molar-refractivity contribution is -0.137. The normalized spacial score (nSPS) is 11.0. The van der Waals surface area contributed by atoms with Gasteiger partial charge in [-0.25, -0.2) is 0 Å². The molecule has 0 heterocycles. The van der Waals surface area contributed by atoms with Crippen molar-refractivity contribution in [3.05, 3.63) is 65.7 Å². The zero-order valence-corrected chi connectivity index (χ0v) is 13.5. The van der Waals surface area contributed by atoms with Crippen molar-refractivity contribution in [1.29, 1.82) is 0 Å². The van der Waals surface area contributed by atoms with E-state index in [0.717, 1.165) is 12.1 Å². The number of amides is 2. The SMILES string of the molecule is CC(=O)N(CCNC(=O)c1ccccc1)c1ccc(C(F)(F)F)cc1. The Balaban J connectivity index is 1.99. The van der Waals surface area contributed by atoms with E-state index < -0.39 is 11.7 Å². The molecule has 0 saturated heterocycles. The molecule has 0 aliphatic carbocycles.